The van der Waals surface area contributed by atoms with Crippen LogP contribution in [0.2, 0.25) is 10.0 Å². The number of rotatable bonds is 7. The van der Waals surface area contributed by atoms with Gasteiger partial charge in [0.1, 0.15) is 0 Å². The fourth-order valence-electron chi connectivity index (χ4n) is 7.33. The molecular formula is C33H35Cl3F6N2O4. The molecule has 0 radical (unpaired) electrons. The van der Waals surface area contributed by atoms with Crippen molar-refractivity contribution in [3.63, 3.8) is 0 Å². The summed E-state index contributed by atoms with van der Waals surface area (Å²) < 4.78 is 88.0. The van der Waals surface area contributed by atoms with Crippen molar-refractivity contribution < 1.29 is 63.7 Å². The first-order valence-corrected chi connectivity index (χ1v) is 15.5. The molecule has 0 aliphatic carbocycles. The van der Waals surface area contributed by atoms with Crippen LogP contribution in [0, 0.1) is 0 Å². The van der Waals surface area contributed by atoms with Crippen molar-refractivity contribution in [1.29, 1.82) is 0 Å². The molecule has 4 aliphatic rings. The average molecular weight is 744 g/mol. The molecule has 0 spiro atoms. The maximum absolute atomic E-state index is 13.5. The number of amides is 1. The second kappa shape index (κ2) is 14.2. The van der Waals surface area contributed by atoms with Gasteiger partial charge in [-0.2, -0.15) is 26.3 Å². The summed E-state index contributed by atoms with van der Waals surface area (Å²) in [5, 5.41) is 0.540. The molecule has 15 heteroatoms. The van der Waals surface area contributed by atoms with Gasteiger partial charge in [-0.1, -0.05) is 59.6 Å². The average Bonchev–Trinajstić information content (AvgIpc) is 3.33. The highest BCUT2D eigenvalue weighted by Crippen LogP contribution is 2.48. The molecular weight excluding hydrogens is 709 g/mol. The lowest BCUT2D eigenvalue weighted by atomic mass is 9.66. The van der Waals surface area contributed by atoms with Gasteiger partial charge in [0.2, 0.25) is 0 Å². The third kappa shape index (κ3) is 7.69. The topological polar surface area (TPSA) is 92.5 Å². The summed E-state index contributed by atoms with van der Waals surface area (Å²) in [7, 11) is 0. The maximum atomic E-state index is 13.5. The predicted molar refractivity (Wildman–Crippen MR) is 165 cm³/mol. The number of benzene rings is 3. The lowest BCUT2D eigenvalue weighted by Gasteiger charge is -2.55. The molecule has 4 heterocycles. The number of piperidine rings is 3. The molecule has 4 fully saturated rings. The van der Waals surface area contributed by atoms with Crippen LogP contribution in [0.15, 0.2) is 66.7 Å². The smallest absolute Gasteiger partial charge is 0.416 e. The lowest BCUT2D eigenvalue weighted by Crippen LogP contribution is -3.00. The zero-order valence-electron chi connectivity index (χ0n) is 25.5. The van der Waals surface area contributed by atoms with Crippen LogP contribution in [0.4, 0.5) is 31.1 Å². The summed E-state index contributed by atoms with van der Waals surface area (Å²) in [6.45, 7) is 2.97. The number of carbonyl (C=O) groups is 1. The van der Waals surface area contributed by atoms with Gasteiger partial charge in [0.15, 0.2) is 5.60 Å². The first-order valence-electron chi connectivity index (χ1n) is 14.7. The Kier molecular flexibility index (Phi) is 11.8. The molecule has 264 valence electrons. The molecule has 3 aromatic rings. The van der Waals surface area contributed by atoms with Gasteiger partial charge in [-0.3, -0.25) is 4.90 Å². The maximum Gasteiger partial charge on any atom is 0.416 e. The summed E-state index contributed by atoms with van der Waals surface area (Å²) in [4.78, 5) is 14.4. The van der Waals surface area contributed by atoms with Crippen LogP contribution in [0.1, 0.15) is 53.5 Å². The van der Waals surface area contributed by atoms with Crippen molar-refractivity contribution in [3.05, 3.63) is 105 Å². The molecule has 48 heavy (non-hydrogen) atoms. The second-order valence-electron chi connectivity index (χ2n) is 12.6. The quantitative estimate of drug-likeness (QED) is 0.262. The van der Waals surface area contributed by atoms with Gasteiger partial charge < -0.3 is 32.6 Å². The van der Waals surface area contributed by atoms with Crippen LogP contribution in [0.3, 0.4) is 0 Å². The van der Waals surface area contributed by atoms with Crippen LogP contribution in [0.5, 0.6) is 0 Å². The predicted octanol–water partition coefficient (Wildman–Crippen LogP) is 4.58. The van der Waals surface area contributed by atoms with E-state index in [-0.39, 0.29) is 52.0 Å². The Bertz CT molecular complexity index is 1550. The number of halogens is 9. The van der Waals surface area contributed by atoms with Crippen LogP contribution < -0.4 is 12.4 Å². The van der Waals surface area contributed by atoms with Gasteiger partial charge in [-0.25, -0.2) is 4.79 Å². The molecule has 0 aromatic heterocycles. The highest BCUT2D eigenvalue weighted by molar-refractivity contribution is 6.42. The first kappa shape index (κ1) is 39.7. The Morgan fingerprint density at radius 2 is 1.33 bits per heavy atom. The van der Waals surface area contributed by atoms with Gasteiger partial charge in [0.25, 0.3) is 0 Å². The van der Waals surface area contributed by atoms with Crippen molar-refractivity contribution in [3.8, 4) is 0 Å². The third-order valence-corrected chi connectivity index (χ3v) is 10.8. The Morgan fingerprint density at radius 3 is 1.85 bits per heavy atom. The first-order chi connectivity index (χ1) is 21.1. The van der Waals surface area contributed by atoms with Crippen LogP contribution >= 0.6 is 23.2 Å². The Labute approximate surface area is 290 Å². The lowest BCUT2D eigenvalue weighted by molar-refractivity contribution is -0.944. The number of hydrogen-bond donors (Lipinski definition) is 0. The molecule has 3 aromatic carbocycles. The largest absolute Gasteiger partial charge is 1.00 e. The Hall–Kier alpha value is -2.74. The van der Waals surface area contributed by atoms with Crippen molar-refractivity contribution in [2.45, 2.75) is 55.6 Å². The molecule has 4 N–H and O–H groups in total. The van der Waals surface area contributed by atoms with Gasteiger partial charge in [0.05, 0.1) is 53.9 Å². The summed E-state index contributed by atoms with van der Waals surface area (Å²) in [5.74, 6) is 0. The Morgan fingerprint density at radius 1 is 0.771 bits per heavy atom. The van der Waals surface area contributed by atoms with Crippen molar-refractivity contribution in [2.24, 2.45) is 0 Å². The van der Waals surface area contributed by atoms with Gasteiger partial charge >= 0.3 is 18.4 Å². The number of carbonyl (C=O) groups excluding carboxylic acids is 1. The Balaban J connectivity index is 0.00000208. The van der Waals surface area contributed by atoms with Crippen LogP contribution in [-0.2, 0) is 34.7 Å². The number of nitrogens with zero attached hydrogens (tertiary/aromatic N) is 2. The third-order valence-electron chi connectivity index (χ3n) is 10.0. The van der Waals surface area contributed by atoms with Gasteiger partial charge in [-0.15, -0.1) is 0 Å². The minimum Gasteiger partial charge on any atom is -1.00 e. The number of hydrogen-bond acceptors (Lipinski definition) is 2. The molecule has 7 rings (SSSR count). The molecule has 4 aliphatic heterocycles. The zero-order chi connectivity index (χ0) is 32.3. The normalized spacial score (nSPS) is 25.1. The molecule has 6 nitrogen and oxygen atoms in total. The van der Waals surface area contributed by atoms with E-state index in [0.717, 1.165) is 48.3 Å². The van der Waals surface area contributed by atoms with E-state index in [0.29, 0.717) is 35.7 Å². The number of fused-ring (bicyclic) bond motifs is 3. The molecule has 1 atom stereocenters. The highest BCUT2D eigenvalue weighted by atomic mass is 35.5. The summed E-state index contributed by atoms with van der Waals surface area (Å²) in [6, 6.07) is 16.8. The number of quaternary nitrogens is 1. The summed E-state index contributed by atoms with van der Waals surface area (Å²) >= 11 is 12.5. The molecule has 1 amide bonds. The van der Waals surface area contributed by atoms with E-state index in [1.807, 2.05) is 6.07 Å². The van der Waals surface area contributed by atoms with Gasteiger partial charge in [-0.05, 0) is 47.0 Å². The molecule has 4 saturated heterocycles. The van der Waals surface area contributed by atoms with Crippen LogP contribution in [0.25, 0.3) is 0 Å². The van der Waals surface area contributed by atoms with Crippen molar-refractivity contribution in [1.82, 2.24) is 4.90 Å². The minimum atomic E-state index is -5.00. The van der Waals surface area contributed by atoms with E-state index in [2.05, 4.69) is 24.3 Å². The zero-order valence-corrected chi connectivity index (χ0v) is 27.8. The van der Waals surface area contributed by atoms with Crippen molar-refractivity contribution >= 4 is 29.3 Å². The molecule has 2 bridgehead atoms. The summed E-state index contributed by atoms with van der Waals surface area (Å²) in [5.41, 5.74) is -2.32. The highest BCUT2D eigenvalue weighted by Gasteiger charge is 2.53. The van der Waals surface area contributed by atoms with E-state index in [1.54, 1.807) is 18.2 Å². The monoisotopic (exact) mass is 742 g/mol. The van der Waals surface area contributed by atoms with E-state index in [1.165, 1.54) is 5.56 Å². The van der Waals surface area contributed by atoms with E-state index >= 15 is 0 Å². The fraction of sp³-hybridized carbons (Fsp3) is 0.424. The standard InChI is InChI=1S/C33H31Cl2F6N2O2.ClH.2H2O/c34-27-7-6-24(19-28(27)35)31(11-15-43-12-8-30(9-13-43,10-14-43)23-4-2-1-3-5-23)21-42(29(44)45-31)20-22-16-25(32(36,37)38)18-26(17-22)33(39,40)41;;;/h1-7,16-19H,8-15,20-21H2;1H;2*1H2/q+1;;;/p-1. The minimum absolute atomic E-state index is 0. The van der Waals surface area contributed by atoms with E-state index < -0.39 is 41.7 Å². The molecule has 0 saturated carbocycles. The summed E-state index contributed by atoms with van der Waals surface area (Å²) in [6.07, 6.45) is -7.35. The molecule has 1 unspecified atom stereocenters. The van der Waals surface area contributed by atoms with Crippen molar-refractivity contribution in [2.75, 3.05) is 32.7 Å². The van der Waals surface area contributed by atoms with E-state index in [4.69, 9.17) is 27.9 Å². The van der Waals surface area contributed by atoms with E-state index in [9.17, 15) is 31.1 Å². The second-order valence-corrected chi connectivity index (χ2v) is 13.5. The fourth-order valence-corrected chi connectivity index (χ4v) is 7.63. The van der Waals surface area contributed by atoms with Gasteiger partial charge in [0, 0.05) is 37.6 Å². The number of alkyl halides is 6. The SMILES string of the molecule is O.O.O=C1OC(CC[N+]23CCC(c4ccccc4)(CC2)CC3)(c2ccc(Cl)c(Cl)c2)CN1Cc1cc(C(F)(F)F)cc(C(F)(F)F)c1.[Cl-]. The number of cyclic esters (lactones) is 1. The number of ether oxygens (including phenoxy) is 1. The van der Waals surface area contributed by atoms with Crippen LogP contribution in [-0.4, -0.2) is 59.2 Å².